The second-order valence-corrected chi connectivity index (χ2v) is 3.94. The molecule has 0 aliphatic carbocycles. The predicted octanol–water partition coefficient (Wildman–Crippen LogP) is 0.442. The van der Waals surface area contributed by atoms with Crippen molar-refractivity contribution >= 4 is 17.8 Å². The van der Waals surface area contributed by atoms with Crippen LogP contribution in [0.3, 0.4) is 0 Å². The molecule has 0 saturated carbocycles. The second kappa shape index (κ2) is 8.49. The minimum absolute atomic E-state index is 0.0562. The largest absolute Gasteiger partial charge is 0.466 e. The lowest BCUT2D eigenvalue weighted by atomic mass is 10.2. The van der Waals surface area contributed by atoms with Crippen LogP contribution in [0.2, 0.25) is 0 Å². The number of rotatable bonds is 4. The molecular formula is C12H22N2O4. The summed E-state index contributed by atoms with van der Waals surface area (Å²) in [6.45, 7) is 6.20. The van der Waals surface area contributed by atoms with Crippen molar-refractivity contribution < 1.29 is 19.1 Å². The summed E-state index contributed by atoms with van der Waals surface area (Å²) >= 11 is 0. The SMILES string of the molecule is CCC(C(N)=O)N1CCCC1=O.CCOC(C)=O. The molecule has 0 aromatic carbocycles. The standard InChI is InChI=1S/C8H14N2O2.C4H8O2/c1-2-6(8(9)12)10-5-3-4-7(10)11;1-3-6-4(2)5/h6H,2-5H2,1H3,(H2,9,12);3H2,1-2H3. The van der Waals surface area contributed by atoms with E-state index in [4.69, 9.17) is 5.73 Å². The molecule has 1 atom stereocenters. The fourth-order valence-corrected chi connectivity index (χ4v) is 1.78. The van der Waals surface area contributed by atoms with E-state index in [1.807, 2.05) is 6.92 Å². The lowest BCUT2D eigenvalue weighted by Crippen LogP contribution is -2.44. The normalized spacial score (nSPS) is 15.7. The molecule has 0 spiro atoms. The van der Waals surface area contributed by atoms with Crippen molar-refractivity contribution in [1.29, 1.82) is 0 Å². The summed E-state index contributed by atoms with van der Waals surface area (Å²) in [5.41, 5.74) is 5.16. The summed E-state index contributed by atoms with van der Waals surface area (Å²) in [7, 11) is 0. The molecule has 18 heavy (non-hydrogen) atoms. The molecule has 6 nitrogen and oxygen atoms in total. The Kier molecular flexibility index (Phi) is 7.74. The highest BCUT2D eigenvalue weighted by Gasteiger charge is 2.29. The molecule has 0 aromatic heterocycles. The van der Waals surface area contributed by atoms with Gasteiger partial charge in [0.25, 0.3) is 0 Å². The van der Waals surface area contributed by atoms with Crippen LogP contribution in [0, 0.1) is 0 Å². The highest BCUT2D eigenvalue weighted by atomic mass is 16.5. The Morgan fingerprint density at radius 2 is 2.06 bits per heavy atom. The molecule has 0 aromatic rings. The van der Waals surface area contributed by atoms with Gasteiger partial charge in [-0.25, -0.2) is 0 Å². The number of likely N-dealkylation sites (tertiary alicyclic amines) is 1. The van der Waals surface area contributed by atoms with Crippen molar-refractivity contribution in [3.63, 3.8) is 0 Å². The van der Waals surface area contributed by atoms with Crippen molar-refractivity contribution in [2.45, 2.75) is 46.1 Å². The first-order chi connectivity index (χ1) is 8.43. The van der Waals surface area contributed by atoms with Crippen molar-refractivity contribution in [1.82, 2.24) is 4.90 Å². The van der Waals surface area contributed by atoms with Crippen LogP contribution in [0.25, 0.3) is 0 Å². The van der Waals surface area contributed by atoms with Gasteiger partial charge in [0.15, 0.2) is 0 Å². The molecule has 1 rings (SSSR count). The van der Waals surface area contributed by atoms with Crippen LogP contribution in [-0.4, -0.2) is 41.9 Å². The Morgan fingerprint density at radius 1 is 1.44 bits per heavy atom. The van der Waals surface area contributed by atoms with Gasteiger partial charge in [0.05, 0.1) is 6.61 Å². The Morgan fingerprint density at radius 3 is 2.28 bits per heavy atom. The van der Waals surface area contributed by atoms with Gasteiger partial charge >= 0.3 is 5.97 Å². The summed E-state index contributed by atoms with van der Waals surface area (Å²) in [6.07, 6.45) is 2.02. The molecule has 0 radical (unpaired) electrons. The van der Waals surface area contributed by atoms with E-state index in [-0.39, 0.29) is 17.9 Å². The van der Waals surface area contributed by atoms with Gasteiger partial charge in [-0.05, 0) is 19.8 Å². The molecule has 1 unspecified atom stereocenters. The van der Waals surface area contributed by atoms with Gasteiger partial charge in [-0.3, -0.25) is 14.4 Å². The van der Waals surface area contributed by atoms with Crippen LogP contribution in [0.15, 0.2) is 0 Å². The van der Waals surface area contributed by atoms with Crippen molar-refractivity contribution in [2.24, 2.45) is 5.73 Å². The molecule has 6 heteroatoms. The maximum atomic E-state index is 11.2. The van der Waals surface area contributed by atoms with Crippen LogP contribution in [0.4, 0.5) is 0 Å². The van der Waals surface area contributed by atoms with Gasteiger partial charge in [-0.15, -0.1) is 0 Å². The highest BCUT2D eigenvalue weighted by Crippen LogP contribution is 2.15. The summed E-state index contributed by atoms with van der Waals surface area (Å²) in [4.78, 5) is 33.5. The molecule has 1 saturated heterocycles. The first-order valence-electron chi connectivity index (χ1n) is 6.16. The molecule has 1 aliphatic heterocycles. The zero-order chi connectivity index (χ0) is 14.1. The monoisotopic (exact) mass is 258 g/mol. The topological polar surface area (TPSA) is 89.7 Å². The molecular weight excluding hydrogens is 236 g/mol. The highest BCUT2D eigenvalue weighted by molar-refractivity contribution is 5.87. The number of ether oxygens (including phenoxy) is 1. The summed E-state index contributed by atoms with van der Waals surface area (Å²) < 4.78 is 4.40. The quantitative estimate of drug-likeness (QED) is 0.741. The molecule has 0 bridgehead atoms. The minimum Gasteiger partial charge on any atom is -0.466 e. The van der Waals surface area contributed by atoms with Gasteiger partial charge in [0.2, 0.25) is 11.8 Å². The number of carbonyl (C=O) groups is 3. The molecule has 104 valence electrons. The van der Waals surface area contributed by atoms with Gasteiger partial charge in [-0.1, -0.05) is 6.92 Å². The number of carbonyl (C=O) groups excluding carboxylic acids is 3. The number of esters is 1. The van der Waals surface area contributed by atoms with E-state index in [9.17, 15) is 14.4 Å². The number of hydrogen-bond donors (Lipinski definition) is 1. The van der Waals surface area contributed by atoms with E-state index in [1.54, 1.807) is 11.8 Å². The van der Waals surface area contributed by atoms with Crippen LogP contribution in [0.1, 0.15) is 40.0 Å². The van der Waals surface area contributed by atoms with Crippen molar-refractivity contribution in [2.75, 3.05) is 13.2 Å². The fourth-order valence-electron chi connectivity index (χ4n) is 1.78. The second-order valence-electron chi connectivity index (χ2n) is 3.94. The fraction of sp³-hybridized carbons (Fsp3) is 0.750. The Labute approximate surface area is 107 Å². The van der Waals surface area contributed by atoms with Crippen LogP contribution in [-0.2, 0) is 19.1 Å². The number of amides is 2. The zero-order valence-electron chi connectivity index (χ0n) is 11.3. The Hall–Kier alpha value is -1.59. The first-order valence-corrected chi connectivity index (χ1v) is 6.16. The third-order valence-corrected chi connectivity index (χ3v) is 2.55. The molecule has 2 N–H and O–H groups in total. The average Bonchev–Trinajstić information content (AvgIpc) is 2.66. The number of nitrogens with two attached hydrogens (primary N) is 1. The average molecular weight is 258 g/mol. The van der Waals surface area contributed by atoms with Gasteiger partial charge in [-0.2, -0.15) is 0 Å². The molecule has 1 fully saturated rings. The summed E-state index contributed by atoms with van der Waals surface area (Å²) in [5, 5.41) is 0. The third-order valence-electron chi connectivity index (χ3n) is 2.55. The first kappa shape index (κ1) is 16.4. The van der Waals surface area contributed by atoms with E-state index in [0.29, 0.717) is 26.0 Å². The summed E-state index contributed by atoms with van der Waals surface area (Å²) in [5.74, 6) is -0.550. The Balaban J connectivity index is 0.000000411. The molecule has 2 amide bonds. The Bertz CT molecular complexity index is 304. The molecule has 1 aliphatic rings. The van der Waals surface area contributed by atoms with Crippen LogP contribution in [0.5, 0.6) is 0 Å². The van der Waals surface area contributed by atoms with E-state index < -0.39 is 5.91 Å². The number of primary amides is 1. The number of nitrogens with zero attached hydrogens (tertiary/aromatic N) is 1. The van der Waals surface area contributed by atoms with E-state index in [2.05, 4.69) is 4.74 Å². The lowest BCUT2D eigenvalue weighted by molar-refractivity contribution is -0.140. The smallest absolute Gasteiger partial charge is 0.302 e. The van der Waals surface area contributed by atoms with Crippen LogP contribution >= 0.6 is 0 Å². The van der Waals surface area contributed by atoms with Crippen molar-refractivity contribution in [3.8, 4) is 0 Å². The van der Waals surface area contributed by atoms with Crippen LogP contribution < -0.4 is 5.73 Å². The van der Waals surface area contributed by atoms with Gasteiger partial charge in [0.1, 0.15) is 6.04 Å². The lowest BCUT2D eigenvalue weighted by Gasteiger charge is -2.23. The molecule has 1 heterocycles. The minimum atomic E-state index is -0.396. The predicted molar refractivity (Wildman–Crippen MR) is 66.5 cm³/mol. The van der Waals surface area contributed by atoms with Gasteiger partial charge in [0, 0.05) is 19.9 Å². The maximum Gasteiger partial charge on any atom is 0.302 e. The third kappa shape index (κ3) is 5.65. The number of hydrogen-bond acceptors (Lipinski definition) is 4. The summed E-state index contributed by atoms with van der Waals surface area (Å²) in [6, 6.07) is -0.389. The zero-order valence-corrected chi connectivity index (χ0v) is 11.3. The van der Waals surface area contributed by atoms with E-state index >= 15 is 0 Å². The van der Waals surface area contributed by atoms with Crippen molar-refractivity contribution in [3.05, 3.63) is 0 Å². The maximum absolute atomic E-state index is 11.2. The van der Waals surface area contributed by atoms with E-state index in [1.165, 1.54) is 6.92 Å². The van der Waals surface area contributed by atoms with E-state index in [0.717, 1.165) is 6.42 Å². The van der Waals surface area contributed by atoms with Gasteiger partial charge < -0.3 is 15.4 Å².